The van der Waals surface area contributed by atoms with Crippen LogP contribution in [0.3, 0.4) is 0 Å². The first-order valence-electron chi connectivity index (χ1n) is 13.2. The van der Waals surface area contributed by atoms with Crippen molar-refractivity contribution in [2.45, 2.75) is 29.5 Å². The molecule has 1 unspecified atom stereocenters. The number of aliphatic hydroxyl groups excluding tert-OH is 1. The zero-order valence-corrected chi connectivity index (χ0v) is 24.9. The SMILES string of the molecule is CCCOc1ccc(/C(O)=C2\C(=O)C(=O)N(c3nnc(SCc4ccccc4)s3)C2c2ccc(OC)c(OC)c2)cc1. The van der Waals surface area contributed by atoms with E-state index in [0.717, 1.165) is 12.0 Å². The summed E-state index contributed by atoms with van der Waals surface area (Å²) in [6.45, 7) is 2.57. The number of methoxy groups -OCH3 is 2. The number of ether oxygens (including phenoxy) is 3. The van der Waals surface area contributed by atoms with Crippen LogP contribution in [0.1, 0.15) is 36.1 Å². The van der Waals surface area contributed by atoms with Gasteiger partial charge in [-0.15, -0.1) is 10.2 Å². The average molecular weight is 604 g/mol. The highest BCUT2D eigenvalue weighted by molar-refractivity contribution is 8.00. The number of hydrogen-bond donors (Lipinski definition) is 1. The molecule has 1 amide bonds. The average Bonchev–Trinajstić information content (AvgIpc) is 3.60. The number of carbonyl (C=O) groups is 2. The normalized spacial score (nSPS) is 16.1. The van der Waals surface area contributed by atoms with Gasteiger partial charge in [-0.05, 0) is 53.9 Å². The maximum absolute atomic E-state index is 13.6. The van der Waals surface area contributed by atoms with Gasteiger partial charge in [-0.2, -0.15) is 0 Å². The highest BCUT2D eigenvalue weighted by atomic mass is 32.2. The van der Waals surface area contributed by atoms with Gasteiger partial charge in [0, 0.05) is 11.3 Å². The summed E-state index contributed by atoms with van der Waals surface area (Å²) in [5.41, 5.74) is 1.96. The fourth-order valence-electron chi connectivity index (χ4n) is 4.53. The maximum Gasteiger partial charge on any atom is 0.301 e. The Labute approximate surface area is 251 Å². The molecule has 1 saturated heterocycles. The van der Waals surface area contributed by atoms with E-state index in [1.807, 2.05) is 37.3 Å². The number of amides is 1. The van der Waals surface area contributed by atoms with E-state index >= 15 is 0 Å². The highest BCUT2D eigenvalue weighted by Gasteiger charge is 2.48. The molecule has 2 heterocycles. The highest BCUT2D eigenvalue weighted by Crippen LogP contribution is 2.45. The molecule has 1 N–H and O–H groups in total. The van der Waals surface area contributed by atoms with Crippen LogP contribution < -0.4 is 19.1 Å². The third-order valence-electron chi connectivity index (χ3n) is 6.58. The quantitative estimate of drug-likeness (QED) is 0.0698. The molecule has 3 aromatic carbocycles. The van der Waals surface area contributed by atoms with Gasteiger partial charge in [0.25, 0.3) is 5.78 Å². The molecule has 9 nitrogen and oxygen atoms in total. The molecular formula is C31H29N3O6S2. The van der Waals surface area contributed by atoms with Crippen LogP contribution in [0.5, 0.6) is 17.2 Å². The van der Waals surface area contributed by atoms with Gasteiger partial charge in [0.15, 0.2) is 15.8 Å². The van der Waals surface area contributed by atoms with Gasteiger partial charge in [0.2, 0.25) is 5.13 Å². The lowest BCUT2D eigenvalue weighted by Gasteiger charge is -2.23. The summed E-state index contributed by atoms with van der Waals surface area (Å²) >= 11 is 2.69. The molecule has 1 fully saturated rings. The number of nitrogens with zero attached hydrogens (tertiary/aromatic N) is 3. The Bertz CT molecular complexity index is 1600. The minimum atomic E-state index is -0.985. The van der Waals surface area contributed by atoms with Crippen molar-refractivity contribution >= 4 is 45.7 Å². The predicted octanol–water partition coefficient (Wildman–Crippen LogP) is 6.26. The van der Waals surface area contributed by atoms with Crippen molar-refractivity contribution in [2.24, 2.45) is 0 Å². The number of carbonyl (C=O) groups excluding carboxylic acids is 2. The molecule has 1 aromatic heterocycles. The fourth-order valence-corrected chi connectivity index (χ4v) is 6.35. The molecule has 0 spiro atoms. The third kappa shape index (κ3) is 5.97. The van der Waals surface area contributed by atoms with Gasteiger partial charge < -0.3 is 19.3 Å². The van der Waals surface area contributed by atoms with Gasteiger partial charge >= 0.3 is 5.91 Å². The molecule has 4 aromatic rings. The number of aliphatic hydroxyl groups is 1. The number of anilines is 1. The van der Waals surface area contributed by atoms with Gasteiger partial charge in [-0.25, -0.2) is 0 Å². The molecule has 5 rings (SSSR count). The van der Waals surface area contributed by atoms with Gasteiger partial charge in [0.1, 0.15) is 11.5 Å². The summed E-state index contributed by atoms with van der Waals surface area (Å²) < 4.78 is 17.2. The maximum atomic E-state index is 13.6. The van der Waals surface area contributed by atoms with Crippen molar-refractivity contribution in [2.75, 3.05) is 25.7 Å². The summed E-state index contributed by atoms with van der Waals surface area (Å²) in [6.07, 6.45) is 0.856. The Morgan fingerprint density at radius 3 is 2.40 bits per heavy atom. The third-order valence-corrected chi connectivity index (χ3v) is 8.70. The van der Waals surface area contributed by atoms with Crippen LogP contribution in [-0.4, -0.2) is 47.8 Å². The predicted molar refractivity (Wildman–Crippen MR) is 162 cm³/mol. The first-order chi connectivity index (χ1) is 20.4. The Balaban J connectivity index is 1.56. The van der Waals surface area contributed by atoms with E-state index in [0.29, 0.717) is 45.1 Å². The van der Waals surface area contributed by atoms with E-state index in [9.17, 15) is 14.7 Å². The Morgan fingerprint density at radius 2 is 1.71 bits per heavy atom. The molecular weight excluding hydrogens is 574 g/mol. The largest absolute Gasteiger partial charge is 0.507 e. The van der Waals surface area contributed by atoms with E-state index in [-0.39, 0.29) is 16.5 Å². The number of rotatable bonds is 11. The lowest BCUT2D eigenvalue weighted by molar-refractivity contribution is -0.132. The molecule has 1 atom stereocenters. The summed E-state index contributed by atoms with van der Waals surface area (Å²) in [4.78, 5) is 28.4. The molecule has 11 heteroatoms. The molecule has 1 aliphatic rings. The number of hydrogen-bond acceptors (Lipinski definition) is 10. The molecule has 0 aliphatic carbocycles. The molecule has 0 radical (unpaired) electrons. The second-order valence-corrected chi connectivity index (χ2v) is 11.5. The van der Waals surface area contributed by atoms with Crippen LogP contribution in [0.4, 0.5) is 5.13 Å². The van der Waals surface area contributed by atoms with E-state index in [1.165, 1.54) is 42.2 Å². The van der Waals surface area contributed by atoms with Crippen LogP contribution in [0.25, 0.3) is 5.76 Å². The van der Waals surface area contributed by atoms with Crippen molar-refractivity contribution in [1.82, 2.24) is 10.2 Å². The van der Waals surface area contributed by atoms with Crippen LogP contribution >= 0.6 is 23.1 Å². The minimum Gasteiger partial charge on any atom is -0.507 e. The minimum absolute atomic E-state index is 0.0665. The second kappa shape index (κ2) is 13.1. The van der Waals surface area contributed by atoms with E-state index in [1.54, 1.807) is 42.5 Å². The van der Waals surface area contributed by atoms with Crippen molar-refractivity contribution in [3.05, 3.63) is 95.1 Å². The molecule has 216 valence electrons. The van der Waals surface area contributed by atoms with Crippen LogP contribution in [0.2, 0.25) is 0 Å². The van der Waals surface area contributed by atoms with Crippen LogP contribution in [0, 0.1) is 0 Å². The van der Waals surface area contributed by atoms with Crippen molar-refractivity contribution in [3.63, 3.8) is 0 Å². The standard InChI is InChI=1S/C31H29N3O6S2/c1-4-16-40-22-13-10-20(11-14-22)27(35)25-26(21-12-15-23(38-2)24(17-21)39-3)34(29(37)28(25)36)30-32-33-31(42-30)41-18-19-8-6-5-7-9-19/h5-15,17,26,35H,4,16,18H2,1-3H3/b27-25+. The van der Waals surface area contributed by atoms with Crippen LogP contribution in [0.15, 0.2) is 82.7 Å². The first-order valence-corrected chi connectivity index (χ1v) is 15.0. The Morgan fingerprint density at radius 1 is 0.976 bits per heavy atom. The van der Waals surface area contributed by atoms with Gasteiger partial charge in [-0.3, -0.25) is 14.5 Å². The lowest BCUT2D eigenvalue weighted by Crippen LogP contribution is -2.29. The fraction of sp³-hybridized carbons (Fsp3) is 0.226. The molecule has 42 heavy (non-hydrogen) atoms. The van der Waals surface area contributed by atoms with E-state index in [4.69, 9.17) is 14.2 Å². The van der Waals surface area contributed by atoms with Crippen molar-refractivity contribution in [3.8, 4) is 17.2 Å². The van der Waals surface area contributed by atoms with E-state index < -0.39 is 17.7 Å². The van der Waals surface area contributed by atoms with E-state index in [2.05, 4.69) is 10.2 Å². The molecule has 0 bridgehead atoms. The molecule has 1 aliphatic heterocycles. The van der Waals surface area contributed by atoms with Crippen molar-refractivity contribution in [1.29, 1.82) is 0 Å². The summed E-state index contributed by atoms with van der Waals surface area (Å²) in [5.74, 6) is 0.263. The van der Waals surface area contributed by atoms with Crippen molar-refractivity contribution < 1.29 is 28.9 Å². The second-order valence-electron chi connectivity index (χ2n) is 9.28. The zero-order valence-electron chi connectivity index (χ0n) is 23.3. The smallest absolute Gasteiger partial charge is 0.301 e. The first kappa shape index (κ1) is 29.2. The lowest BCUT2D eigenvalue weighted by atomic mass is 9.95. The Hall–Kier alpha value is -4.35. The topological polar surface area (TPSA) is 111 Å². The number of aromatic nitrogens is 2. The van der Waals surface area contributed by atoms with Gasteiger partial charge in [-0.1, -0.05) is 66.4 Å². The number of ketones is 1. The number of thioether (sulfide) groups is 1. The molecule has 0 saturated carbocycles. The van der Waals surface area contributed by atoms with Gasteiger partial charge in [0.05, 0.1) is 32.4 Å². The Kier molecular flexibility index (Phi) is 9.09. The number of Topliss-reactive ketones (excluding diaryl/α,β-unsaturated/α-hetero) is 1. The summed E-state index contributed by atoms with van der Waals surface area (Å²) in [6, 6.07) is 20.8. The zero-order chi connectivity index (χ0) is 29.6. The number of benzene rings is 3. The van der Waals surface area contributed by atoms with Crippen LogP contribution in [-0.2, 0) is 15.3 Å². The summed E-state index contributed by atoms with van der Waals surface area (Å²) in [5, 5.41) is 20.3. The summed E-state index contributed by atoms with van der Waals surface area (Å²) in [7, 11) is 3.02. The monoisotopic (exact) mass is 603 g/mol.